The van der Waals surface area contributed by atoms with Crippen LogP contribution in [0.4, 0.5) is 11.4 Å². The molecule has 2 fully saturated rings. The fourth-order valence-corrected chi connectivity index (χ4v) is 5.29. The Kier molecular flexibility index (Phi) is 6.66. The Balaban J connectivity index is 1.55. The third-order valence-electron chi connectivity index (χ3n) is 7.73. The number of anilines is 2. The van der Waals surface area contributed by atoms with Crippen LogP contribution in [0.25, 0.3) is 22.4 Å². The highest BCUT2D eigenvalue weighted by Gasteiger charge is 2.27. The number of pyridine rings is 1. The van der Waals surface area contributed by atoms with Crippen LogP contribution in [-0.4, -0.2) is 29.9 Å². The molecule has 0 spiro atoms. The zero-order valence-corrected chi connectivity index (χ0v) is 23.6. The van der Waals surface area contributed by atoms with Crippen molar-refractivity contribution in [3.63, 3.8) is 0 Å². The molecule has 5 nitrogen and oxygen atoms in total. The molecular weight excluding hydrogens is 470 g/mol. The number of amides is 2. The molecule has 0 atom stereocenters. The maximum absolute atomic E-state index is 12.5. The van der Waals surface area contributed by atoms with Crippen molar-refractivity contribution in [2.75, 3.05) is 22.9 Å². The van der Waals surface area contributed by atoms with E-state index in [2.05, 4.69) is 84.0 Å². The maximum Gasteiger partial charge on any atom is 0.227 e. The monoisotopic (exact) mass is 509 g/mol. The van der Waals surface area contributed by atoms with Crippen molar-refractivity contribution >= 4 is 23.2 Å². The Labute approximate surface area is 226 Å². The van der Waals surface area contributed by atoms with Crippen molar-refractivity contribution in [2.45, 2.75) is 78.1 Å². The summed E-state index contributed by atoms with van der Waals surface area (Å²) in [5.41, 5.74) is 8.38. The minimum Gasteiger partial charge on any atom is -0.312 e. The largest absolute Gasteiger partial charge is 0.312 e. The van der Waals surface area contributed by atoms with Gasteiger partial charge in [0.05, 0.1) is 5.69 Å². The predicted octanol–water partition coefficient (Wildman–Crippen LogP) is 7.26. The lowest BCUT2D eigenvalue weighted by molar-refractivity contribution is -0.117. The van der Waals surface area contributed by atoms with Gasteiger partial charge in [-0.2, -0.15) is 0 Å². The van der Waals surface area contributed by atoms with Crippen LogP contribution in [0.1, 0.15) is 78.4 Å². The van der Waals surface area contributed by atoms with Crippen LogP contribution in [0.15, 0.2) is 54.7 Å². The summed E-state index contributed by atoms with van der Waals surface area (Å²) in [7, 11) is 0. The average Bonchev–Trinajstić information content (AvgIpc) is 3.50. The van der Waals surface area contributed by atoms with Crippen molar-refractivity contribution in [3.8, 4) is 22.4 Å². The second-order valence-corrected chi connectivity index (χ2v) is 12.8. The molecule has 38 heavy (non-hydrogen) atoms. The molecular formula is C33H39N3O2. The smallest absolute Gasteiger partial charge is 0.227 e. The Bertz CT molecular complexity index is 1300. The van der Waals surface area contributed by atoms with Crippen LogP contribution >= 0.6 is 0 Å². The summed E-state index contributed by atoms with van der Waals surface area (Å²) in [6, 6.07) is 17.1. The lowest BCUT2D eigenvalue weighted by atomic mass is 9.79. The third-order valence-corrected chi connectivity index (χ3v) is 7.73. The number of rotatable bonds is 4. The van der Waals surface area contributed by atoms with Gasteiger partial charge in [0.25, 0.3) is 0 Å². The Morgan fingerprint density at radius 1 is 0.632 bits per heavy atom. The number of carbonyl (C=O) groups is 2. The Morgan fingerprint density at radius 2 is 1.16 bits per heavy atom. The molecule has 3 aromatic rings. The molecule has 3 heterocycles. The molecule has 0 aliphatic carbocycles. The lowest BCUT2D eigenvalue weighted by Crippen LogP contribution is -2.26. The predicted molar refractivity (Wildman–Crippen MR) is 156 cm³/mol. The lowest BCUT2D eigenvalue weighted by Gasteiger charge is -2.26. The molecule has 0 unspecified atom stereocenters. The van der Waals surface area contributed by atoms with Gasteiger partial charge >= 0.3 is 0 Å². The highest BCUT2D eigenvalue weighted by Crippen LogP contribution is 2.36. The van der Waals surface area contributed by atoms with Crippen LogP contribution in [0.3, 0.4) is 0 Å². The van der Waals surface area contributed by atoms with Gasteiger partial charge in [-0.05, 0) is 76.8 Å². The van der Waals surface area contributed by atoms with Crippen molar-refractivity contribution < 1.29 is 9.59 Å². The van der Waals surface area contributed by atoms with E-state index in [9.17, 15) is 9.59 Å². The fourth-order valence-electron chi connectivity index (χ4n) is 5.29. The molecule has 0 bridgehead atoms. The van der Waals surface area contributed by atoms with E-state index in [0.29, 0.717) is 25.9 Å². The third kappa shape index (κ3) is 5.24. The van der Waals surface area contributed by atoms with Crippen molar-refractivity contribution in [3.05, 3.63) is 65.9 Å². The van der Waals surface area contributed by atoms with Crippen molar-refractivity contribution in [1.82, 2.24) is 4.98 Å². The number of hydrogen-bond donors (Lipinski definition) is 0. The summed E-state index contributed by atoms with van der Waals surface area (Å²) < 4.78 is 0. The second-order valence-electron chi connectivity index (χ2n) is 12.8. The second kappa shape index (κ2) is 9.68. The number of nitrogens with zero attached hydrogens (tertiary/aromatic N) is 3. The fraction of sp³-hybridized carbons (Fsp3) is 0.424. The quantitative estimate of drug-likeness (QED) is 0.372. The molecule has 2 aliphatic rings. The minimum atomic E-state index is 0.0345. The van der Waals surface area contributed by atoms with Gasteiger partial charge < -0.3 is 9.80 Å². The Morgan fingerprint density at radius 3 is 1.55 bits per heavy atom. The molecule has 0 N–H and O–H groups in total. The van der Waals surface area contributed by atoms with Gasteiger partial charge in [-0.1, -0.05) is 53.7 Å². The van der Waals surface area contributed by atoms with E-state index in [1.165, 1.54) is 11.1 Å². The first-order chi connectivity index (χ1) is 17.9. The van der Waals surface area contributed by atoms with E-state index < -0.39 is 0 Å². The summed E-state index contributed by atoms with van der Waals surface area (Å²) in [6.07, 6.45) is 4.78. The van der Waals surface area contributed by atoms with E-state index in [1.54, 1.807) is 0 Å². The standard InChI is InChI=1S/C33H39N3O2/c1-32(2,3)25-15-24(16-26(19-25)33(4,5)6)29-12-11-22(21-34-29)23-17-27(35-13-7-9-30(35)37)20-28(18-23)36-14-8-10-31(36)38/h11-12,15-21H,7-10,13-14H2,1-6H3. The van der Waals surface area contributed by atoms with Gasteiger partial charge in [0, 0.05) is 54.6 Å². The van der Waals surface area contributed by atoms with Crippen molar-refractivity contribution in [1.29, 1.82) is 0 Å². The van der Waals surface area contributed by atoms with E-state index >= 15 is 0 Å². The van der Waals surface area contributed by atoms with E-state index in [1.807, 2.05) is 22.1 Å². The summed E-state index contributed by atoms with van der Waals surface area (Å²) in [6.45, 7) is 14.9. The normalized spacial score (nSPS) is 16.6. The zero-order valence-electron chi connectivity index (χ0n) is 23.6. The molecule has 5 rings (SSSR count). The first kappa shape index (κ1) is 26.1. The molecule has 2 saturated heterocycles. The summed E-state index contributed by atoms with van der Waals surface area (Å²) in [4.78, 5) is 33.7. The van der Waals surface area contributed by atoms with Crippen LogP contribution in [0.2, 0.25) is 0 Å². The molecule has 5 heteroatoms. The van der Waals surface area contributed by atoms with Crippen LogP contribution in [0, 0.1) is 0 Å². The summed E-state index contributed by atoms with van der Waals surface area (Å²) >= 11 is 0. The highest BCUT2D eigenvalue weighted by atomic mass is 16.2. The van der Waals surface area contributed by atoms with Gasteiger partial charge in [0.15, 0.2) is 0 Å². The molecule has 2 aromatic carbocycles. The molecule has 1 aromatic heterocycles. The maximum atomic E-state index is 12.5. The SMILES string of the molecule is CC(C)(C)c1cc(-c2ccc(-c3cc(N4CCCC4=O)cc(N4CCCC4=O)c3)cn2)cc(C(C)(C)C)c1. The van der Waals surface area contributed by atoms with Gasteiger partial charge in [-0.3, -0.25) is 14.6 Å². The Hall–Kier alpha value is -3.47. The number of benzene rings is 2. The van der Waals surface area contributed by atoms with E-state index in [0.717, 1.165) is 46.6 Å². The first-order valence-corrected chi connectivity index (χ1v) is 13.8. The van der Waals surface area contributed by atoms with Crippen molar-refractivity contribution in [2.24, 2.45) is 0 Å². The summed E-state index contributed by atoms with van der Waals surface area (Å²) in [5.74, 6) is 0.283. The summed E-state index contributed by atoms with van der Waals surface area (Å²) in [5, 5.41) is 0. The molecule has 0 radical (unpaired) electrons. The van der Waals surface area contributed by atoms with Crippen LogP contribution in [-0.2, 0) is 20.4 Å². The van der Waals surface area contributed by atoms with Gasteiger partial charge in [-0.25, -0.2) is 0 Å². The molecule has 2 aliphatic heterocycles. The highest BCUT2D eigenvalue weighted by molar-refractivity contribution is 6.00. The van der Waals surface area contributed by atoms with Crippen LogP contribution in [0.5, 0.6) is 0 Å². The number of aromatic nitrogens is 1. The average molecular weight is 510 g/mol. The zero-order chi connectivity index (χ0) is 27.2. The van der Waals surface area contributed by atoms with Gasteiger partial charge in [0.2, 0.25) is 11.8 Å². The van der Waals surface area contributed by atoms with E-state index in [-0.39, 0.29) is 22.6 Å². The number of hydrogen-bond acceptors (Lipinski definition) is 3. The minimum absolute atomic E-state index is 0.0345. The topological polar surface area (TPSA) is 53.5 Å². The first-order valence-electron chi connectivity index (χ1n) is 13.8. The van der Waals surface area contributed by atoms with Gasteiger partial charge in [0.1, 0.15) is 0 Å². The number of carbonyl (C=O) groups excluding carboxylic acids is 2. The van der Waals surface area contributed by atoms with E-state index in [4.69, 9.17) is 4.98 Å². The van der Waals surface area contributed by atoms with Gasteiger partial charge in [-0.15, -0.1) is 0 Å². The molecule has 198 valence electrons. The molecule has 2 amide bonds. The van der Waals surface area contributed by atoms with Crippen LogP contribution < -0.4 is 9.80 Å². The molecule has 0 saturated carbocycles.